The minimum atomic E-state index is -0.809. The molecule has 0 heterocycles. The summed E-state index contributed by atoms with van der Waals surface area (Å²) in [4.78, 5) is 44.5. The Morgan fingerprint density at radius 1 is 0.977 bits per heavy atom. The maximum Gasteiger partial charge on any atom is 0.405 e. The highest BCUT2D eigenvalue weighted by molar-refractivity contribution is 6.29. The fourth-order valence-corrected chi connectivity index (χ4v) is 4.29. The average molecular weight is 620 g/mol. The van der Waals surface area contributed by atoms with Gasteiger partial charge in [-0.2, -0.15) is 0 Å². The minimum Gasteiger partial charge on any atom is -0.481 e. The predicted molar refractivity (Wildman–Crippen MR) is 172 cm³/mol. The molecule has 0 spiro atoms. The summed E-state index contributed by atoms with van der Waals surface area (Å²) in [7, 11) is 1.33. The lowest BCUT2D eigenvalue weighted by Gasteiger charge is -2.16. The van der Waals surface area contributed by atoms with Gasteiger partial charge in [0.1, 0.15) is 11.9 Å². The zero-order chi connectivity index (χ0) is 32.5. The quantitative estimate of drug-likeness (QED) is 0.0726. The van der Waals surface area contributed by atoms with Crippen molar-refractivity contribution in [2.45, 2.75) is 97.5 Å². The molecule has 1 amide bonds. The van der Waals surface area contributed by atoms with E-state index in [-0.39, 0.29) is 17.6 Å². The first kappa shape index (κ1) is 39.6. The summed E-state index contributed by atoms with van der Waals surface area (Å²) in [6.45, 7) is 5.92. The number of ketones is 1. The number of rotatable bonds is 17. The summed E-state index contributed by atoms with van der Waals surface area (Å²) in [5, 5.41) is 9.22. The van der Waals surface area contributed by atoms with Gasteiger partial charge in [0.2, 0.25) is 0 Å². The number of nitrogens with two attached hydrogens (primary N) is 1. The number of amides is 1. The third-order valence-corrected chi connectivity index (χ3v) is 7.21. The van der Waals surface area contributed by atoms with Crippen molar-refractivity contribution >= 4 is 35.4 Å². The lowest BCUT2D eigenvalue weighted by Crippen LogP contribution is -2.21. The van der Waals surface area contributed by atoms with Gasteiger partial charge >= 0.3 is 18.0 Å². The second-order valence-corrected chi connectivity index (χ2v) is 10.9. The molecular formula is C34H50ClNO7. The van der Waals surface area contributed by atoms with E-state index in [1.165, 1.54) is 19.6 Å². The molecule has 43 heavy (non-hydrogen) atoms. The predicted octanol–water partition coefficient (Wildman–Crippen LogP) is 8.13. The van der Waals surface area contributed by atoms with E-state index in [9.17, 15) is 19.2 Å². The number of carbonyl (C=O) groups is 4. The Morgan fingerprint density at radius 2 is 1.63 bits per heavy atom. The van der Waals surface area contributed by atoms with Crippen molar-refractivity contribution in [2.24, 2.45) is 17.6 Å². The SMILES string of the molecule is CC/C=C/C(CCCC(=O)CCC(C)/C(Cl)=C/C=C/C=C(C)/C=C/C=C/C(=O)OC)OC(N)=O.O=C(O)C1CCCCC1. The first-order valence-corrected chi connectivity index (χ1v) is 15.4. The van der Waals surface area contributed by atoms with Crippen LogP contribution >= 0.6 is 11.6 Å². The standard InChI is InChI=1S/C27H38ClNO5.C7H12O2/c1-5-6-15-24(34-27(29)32)16-11-14-23(30)20-19-22(3)25(28)17-9-7-12-21(2)13-8-10-18-26(31)33-4;8-7(9)6-4-2-1-3-5-6/h6-10,12-13,15,17-18,22,24H,5,11,14,16,19-20H2,1-4H3,(H2,29,32);6H,1-5H2,(H,8,9)/b9-7+,13-8+,15-6+,18-10+,21-12+,25-17-;. The van der Waals surface area contributed by atoms with Crippen LogP contribution < -0.4 is 5.73 Å². The Balaban J connectivity index is 0.00000165. The summed E-state index contributed by atoms with van der Waals surface area (Å²) in [6.07, 6.45) is 25.4. The minimum absolute atomic E-state index is 0.0289. The van der Waals surface area contributed by atoms with E-state index in [0.29, 0.717) is 37.1 Å². The van der Waals surface area contributed by atoms with E-state index in [1.54, 1.807) is 12.2 Å². The molecule has 1 rings (SSSR count). The van der Waals surface area contributed by atoms with E-state index >= 15 is 0 Å². The van der Waals surface area contributed by atoms with Gasteiger partial charge in [0.15, 0.2) is 0 Å². The molecule has 0 aromatic heterocycles. The Bertz CT molecular complexity index is 1030. The number of primary amides is 1. The molecule has 240 valence electrons. The van der Waals surface area contributed by atoms with Gasteiger partial charge in [0.05, 0.1) is 13.0 Å². The number of Topliss-reactive ketones (excluding diaryl/α,β-unsaturated/α-hetero) is 1. The first-order chi connectivity index (χ1) is 20.5. The molecule has 0 radical (unpaired) electrons. The molecule has 1 saturated carbocycles. The van der Waals surface area contributed by atoms with Crippen molar-refractivity contribution in [1.29, 1.82) is 0 Å². The Hall–Kier alpha value is -3.39. The number of carbonyl (C=O) groups excluding carboxylic acids is 3. The number of aliphatic carboxylic acids is 1. The highest BCUT2D eigenvalue weighted by atomic mass is 35.5. The van der Waals surface area contributed by atoms with Gasteiger partial charge in [0, 0.05) is 23.9 Å². The van der Waals surface area contributed by atoms with Crippen LogP contribution in [0.4, 0.5) is 4.79 Å². The zero-order valence-corrected chi connectivity index (χ0v) is 26.9. The summed E-state index contributed by atoms with van der Waals surface area (Å²) in [5.74, 6) is -0.795. The van der Waals surface area contributed by atoms with Crippen LogP contribution in [-0.2, 0) is 23.9 Å². The summed E-state index contributed by atoms with van der Waals surface area (Å²) in [5.41, 5.74) is 6.10. The number of carboxylic acids is 1. The lowest BCUT2D eigenvalue weighted by molar-refractivity contribution is -0.142. The van der Waals surface area contributed by atoms with Gasteiger partial charge < -0.3 is 20.3 Å². The lowest BCUT2D eigenvalue weighted by atomic mass is 9.90. The molecule has 2 atom stereocenters. The van der Waals surface area contributed by atoms with Crippen molar-refractivity contribution in [3.8, 4) is 0 Å². The number of hydrogen-bond acceptors (Lipinski definition) is 6. The van der Waals surface area contributed by atoms with Crippen molar-refractivity contribution in [3.05, 3.63) is 71.4 Å². The number of esters is 1. The molecule has 9 heteroatoms. The fourth-order valence-electron chi connectivity index (χ4n) is 4.11. The van der Waals surface area contributed by atoms with Gasteiger partial charge in [0.25, 0.3) is 0 Å². The molecule has 3 N–H and O–H groups in total. The van der Waals surface area contributed by atoms with Crippen LogP contribution in [0.25, 0.3) is 0 Å². The molecule has 0 bridgehead atoms. The van der Waals surface area contributed by atoms with Crippen LogP contribution in [0.5, 0.6) is 0 Å². The third kappa shape index (κ3) is 22.8. The van der Waals surface area contributed by atoms with E-state index < -0.39 is 24.1 Å². The second kappa shape index (κ2) is 25.1. The molecule has 0 saturated heterocycles. The highest BCUT2D eigenvalue weighted by Crippen LogP contribution is 2.23. The van der Waals surface area contributed by atoms with Crippen LogP contribution in [-0.4, -0.2) is 42.1 Å². The summed E-state index contributed by atoms with van der Waals surface area (Å²) in [6, 6.07) is 0. The van der Waals surface area contributed by atoms with E-state index in [0.717, 1.165) is 37.7 Å². The number of halogens is 1. The van der Waals surface area contributed by atoms with Crippen LogP contribution in [0.2, 0.25) is 0 Å². The largest absolute Gasteiger partial charge is 0.481 e. The monoisotopic (exact) mass is 619 g/mol. The Morgan fingerprint density at radius 3 is 2.21 bits per heavy atom. The molecule has 8 nitrogen and oxygen atoms in total. The Labute approximate surface area is 262 Å². The smallest absolute Gasteiger partial charge is 0.405 e. The number of ether oxygens (including phenoxy) is 2. The van der Waals surface area contributed by atoms with Gasteiger partial charge in [-0.05, 0) is 63.5 Å². The number of allylic oxidation sites excluding steroid dienone is 10. The molecule has 1 aliphatic rings. The molecule has 0 aromatic rings. The maximum absolute atomic E-state index is 12.2. The van der Waals surface area contributed by atoms with E-state index in [2.05, 4.69) is 4.74 Å². The van der Waals surface area contributed by atoms with Gasteiger partial charge in [-0.1, -0.05) is 92.8 Å². The third-order valence-electron chi connectivity index (χ3n) is 6.71. The van der Waals surface area contributed by atoms with Crippen LogP contribution in [0.15, 0.2) is 71.4 Å². The number of carboxylic acid groups (broad SMARTS) is 1. The molecule has 1 fully saturated rings. The van der Waals surface area contributed by atoms with Crippen molar-refractivity contribution in [3.63, 3.8) is 0 Å². The summed E-state index contributed by atoms with van der Waals surface area (Å²) < 4.78 is 9.56. The Kier molecular flexibility index (Phi) is 23.2. The number of methoxy groups -OCH3 is 1. The second-order valence-electron chi connectivity index (χ2n) is 10.4. The molecule has 2 unspecified atom stereocenters. The molecule has 0 aromatic carbocycles. The zero-order valence-electron chi connectivity index (χ0n) is 26.1. The van der Waals surface area contributed by atoms with Gasteiger partial charge in [-0.3, -0.25) is 9.59 Å². The van der Waals surface area contributed by atoms with Crippen LogP contribution in [0.1, 0.15) is 91.4 Å². The normalized spacial score (nSPS) is 16.3. The average Bonchev–Trinajstić information content (AvgIpc) is 2.99. The fraction of sp³-hybridized carbons (Fsp3) is 0.529. The topological polar surface area (TPSA) is 133 Å². The van der Waals surface area contributed by atoms with Gasteiger partial charge in [-0.25, -0.2) is 9.59 Å². The van der Waals surface area contributed by atoms with Crippen molar-refractivity contribution in [2.75, 3.05) is 7.11 Å². The van der Waals surface area contributed by atoms with E-state index in [4.69, 9.17) is 27.2 Å². The first-order valence-electron chi connectivity index (χ1n) is 15.0. The summed E-state index contributed by atoms with van der Waals surface area (Å²) >= 11 is 6.36. The molecule has 1 aliphatic carbocycles. The maximum atomic E-state index is 12.2. The van der Waals surface area contributed by atoms with Crippen LogP contribution in [0.3, 0.4) is 0 Å². The number of hydrogen-bond donors (Lipinski definition) is 2. The van der Waals surface area contributed by atoms with Gasteiger partial charge in [-0.15, -0.1) is 0 Å². The van der Waals surface area contributed by atoms with Crippen molar-refractivity contribution < 1.29 is 33.8 Å². The van der Waals surface area contributed by atoms with E-state index in [1.807, 2.05) is 63.3 Å². The van der Waals surface area contributed by atoms with Crippen LogP contribution in [0, 0.1) is 11.8 Å². The highest BCUT2D eigenvalue weighted by Gasteiger charge is 2.19. The molecule has 0 aliphatic heterocycles. The molecular weight excluding hydrogens is 570 g/mol. The van der Waals surface area contributed by atoms with Crippen molar-refractivity contribution in [1.82, 2.24) is 0 Å².